The number of hydrogen-bond acceptors (Lipinski definition) is 4. The Bertz CT molecular complexity index is 840. The molecule has 0 radical (unpaired) electrons. The Kier molecular flexibility index (Phi) is 9.93. The molecule has 1 aliphatic rings. The van der Waals surface area contributed by atoms with Gasteiger partial charge in [-0.15, -0.1) is 0 Å². The molecule has 0 atom stereocenters. The number of aliphatic hydroxyl groups excluding tert-OH is 2. The third-order valence-electron chi connectivity index (χ3n) is 5.46. The quantitative estimate of drug-likeness (QED) is 0.259. The van der Waals surface area contributed by atoms with Crippen molar-refractivity contribution in [3.05, 3.63) is 56.5 Å². The first-order valence-electron chi connectivity index (χ1n) is 10.7. The Morgan fingerprint density at radius 3 is 1.90 bits per heavy atom. The molecule has 0 aliphatic heterocycles. The molecule has 0 heterocycles. The molecule has 0 amide bonds. The van der Waals surface area contributed by atoms with Crippen LogP contribution in [-0.2, 0) is 16.0 Å². The maximum absolute atomic E-state index is 12.6. The third kappa shape index (κ3) is 6.61. The standard InChI is InChI=1S/C24H30Cl2O4/c1-2-3-4-5-6-7-8-9-10-11-18-21(27)23(29)19(24(30)22(18)28)14-16-12-13-17(25)15-20(16)26/h12-13,15,27,30H,2-11,14H2,1H3. The number of carbonyl (C=O) groups excluding carboxylic acids is 2. The van der Waals surface area contributed by atoms with Crippen LogP contribution in [-0.4, -0.2) is 21.8 Å². The Hall–Kier alpha value is -1.78. The first-order chi connectivity index (χ1) is 14.4. The van der Waals surface area contributed by atoms with Gasteiger partial charge in [0.2, 0.25) is 11.6 Å². The van der Waals surface area contributed by atoms with Gasteiger partial charge < -0.3 is 10.2 Å². The van der Waals surface area contributed by atoms with Crippen molar-refractivity contribution in [2.45, 2.75) is 77.6 Å². The van der Waals surface area contributed by atoms with Crippen LogP contribution in [0.25, 0.3) is 0 Å². The van der Waals surface area contributed by atoms with Crippen LogP contribution in [0.3, 0.4) is 0 Å². The SMILES string of the molecule is CCCCCCCCCCCC1=C(O)C(=O)C(Cc2ccc(Cl)cc2Cl)=C(O)C1=O. The molecule has 1 aromatic carbocycles. The van der Waals surface area contributed by atoms with Gasteiger partial charge in [0.05, 0.1) is 5.57 Å². The summed E-state index contributed by atoms with van der Waals surface area (Å²) in [5.41, 5.74) is 0.405. The van der Waals surface area contributed by atoms with Crippen molar-refractivity contribution in [2.24, 2.45) is 0 Å². The molecule has 0 saturated carbocycles. The van der Waals surface area contributed by atoms with Crippen LogP contribution in [0.1, 0.15) is 76.7 Å². The molecule has 0 unspecified atom stereocenters. The fourth-order valence-electron chi connectivity index (χ4n) is 3.64. The van der Waals surface area contributed by atoms with E-state index in [2.05, 4.69) is 6.92 Å². The van der Waals surface area contributed by atoms with E-state index in [0.29, 0.717) is 22.0 Å². The molecule has 1 aliphatic carbocycles. The highest BCUT2D eigenvalue weighted by Gasteiger charge is 2.34. The second kappa shape index (κ2) is 12.2. The molecule has 164 valence electrons. The van der Waals surface area contributed by atoms with Crippen molar-refractivity contribution in [1.82, 2.24) is 0 Å². The molecule has 0 spiro atoms. The Morgan fingerprint density at radius 1 is 0.767 bits per heavy atom. The van der Waals surface area contributed by atoms with E-state index < -0.39 is 23.1 Å². The minimum Gasteiger partial charge on any atom is -0.504 e. The van der Waals surface area contributed by atoms with E-state index in [4.69, 9.17) is 23.2 Å². The molecule has 1 aromatic rings. The van der Waals surface area contributed by atoms with Gasteiger partial charge in [-0.3, -0.25) is 9.59 Å². The van der Waals surface area contributed by atoms with Crippen LogP contribution in [0.4, 0.5) is 0 Å². The van der Waals surface area contributed by atoms with Gasteiger partial charge in [-0.05, 0) is 30.5 Å². The molecule has 2 N–H and O–H groups in total. The highest BCUT2D eigenvalue weighted by atomic mass is 35.5. The van der Waals surface area contributed by atoms with Crippen LogP contribution >= 0.6 is 23.2 Å². The summed E-state index contributed by atoms with van der Waals surface area (Å²) in [6.45, 7) is 2.20. The van der Waals surface area contributed by atoms with Gasteiger partial charge in [-0.25, -0.2) is 0 Å². The lowest BCUT2D eigenvalue weighted by Crippen LogP contribution is -2.25. The van der Waals surface area contributed by atoms with Crippen molar-refractivity contribution in [3.8, 4) is 0 Å². The zero-order valence-corrected chi connectivity index (χ0v) is 19.0. The average molecular weight is 453 g/mol. The van der Waals surface area contributed by atoms with Crippen molar-refractivity contribution in [3.63, 3.8) is 0 Å². The van der Waals surface area contributed by atoms with E-state index in [1.165, 1.54) is 38.2 Å². The molecular weight excluding hydrogens is 423 g/mol. The number of halogens is 2. The molecular formula is C24H30Cl2O4. The summed E-state index contributed by atoms with van der Waals surface area (Å²) in [6.07, 6.45) is 10.3. The predicted molar refractivity (Wildman–Crippen MR) is 121 cm³/mol. The number of carbonyl (C=O) groups is 2. The number of rotatable bonds is 12. The summed E-state index contributed by atoms with van der Waals surface area (Å²) in [5.74, 6) is -2.55. The number of benzene rings is 1. The van der Waals surface area contributed by atoms with Crippen LogP contribution in [0.15, 0.2) is 40.9 Å². The molecule has 0 saturated heterocycles. The van der Waals surface area contributed by atoms with E-state index in [1.54, 1.807) is 12.1 Å². The van der Waals surface area contributed by atoms with E-state index in [9.17, 15) is 19.8 Å². The fraction of sp³-hybridized carbons (Fsp3) is 0.500. The number of unbranched alkanes of at least 4 members (excludes halogenated alkanes) is 8. The predicted octanol–water partition coefficient (Wildman–Crippen LogP) is 7.23. The number of Topliss-reactive ketones (excluding diaryl/α,β-unsaturated/α-hetero) is 2. The van der Waals surface area contributed by atoms with E-state index >= 15 is 0 Å². The molecule has 30 heavy (non-hydrogen) atoms. The van der Waals surface area contributed by atoms with Crippen LogP contribution in [0, 0.1) is 0 Å². The summed E-state index contributed by atoms with van der Waals surface area (Å²) in [4.78, 5) is 25.1. The lowest BCUT2D eigenvalue weighted by molar-refractivity contribution is -0.120. The molecule has 2 rings (SSSR count). The van der Waals surface area contributed by atoms with Gasteiger partial charge in [0.1, 0.15) is 0 Å². The van der Waals surface area contributed by atoms with Crippen LogP contribution in [0.2, 0.25) is 10.0 Å². The second-order valence-corrected chi connectivity index (χ2v) is 8.65. The largest absolute Gasteiger partial charge is 0.504 e. The minimum absolute atomic E-state index is 0.00592. The Balaban J connectivity index is 1.91. The lowest BCUT2D eigenvalue weighted by Gasteiger charge is -2.18. The third-order valence-corrected chi connectivity index (χ3v) is 6.05. The highest BCUT2D eigenvalue weighted by molar-refractivity contribution is 6.35. The molecule has 0 fully saturated rings. The second-order valence-electron chi connectivity index (χ2n) is 7.80. The normalized spacial score (nSPS) is 14.8. The summed E-state index contributed by atoms with van der Waals surface area (Å²) in [6, 6.07) is 4.76. The Morgan fingerprint density at radius 2 is 1.30 bits per heavy atom. The average Bonchev–Trinajstić information content (AvgIpc) is 2.72. The number of hydrogen-bond donors (Lipinski definition) is 2. The summed E-state index contributed by atoms with van der Waals surface area (Å²) >= 11 is 12.0. The molecule has 4 nitrogen and oxygen atoms in total. The first kappa shape index (κ1) is 24.5. The van der Waals surface area contributed by atoms with Crippen molar-refractivity contribution in [2.75, 3.05) is 0 Å². The topological polar surface area (TPSA) is 74.6 Å². The summed E-state index contributed by atoms with van der Waals surface area (Å²) < 4.78 is 0. The van der Waals surface area contributed by atoms with Gasteiger partial charge in [0.25, 0.3) is 0 Å². The summed E-state index contributed by atoms with van der Waals surface area (Å²) in [7, 11) is 0. The maximum Gasteiger partial charge on any atom is 0.227 e. The zero-order valence-electron chi connectivity index (χ0n) is 17.5. The first-order valence-corrected chi connectivity index (χ1v) is 11.5. The molecule has 6 heteroatoms. The van der Waals surface area contributed by atoms with Crippen molar-refractivity contribution < 1.29 is 19.8 Å². The number of aliphatic hydroxyl groups is 2. The zero-order chi connectivity index (χ0) is 22.1. The Labute approximate surface area is 188 Å². The number of ketones is 2. The van der Waals surface area contributed by atoms with Gasteiger partial charge in [0.15, 0.2) is 11.5 Å². The van der Waals surface area contributed by atoms with E-state index in [1.807, 2.05) is 0 Å². The van der Waals surface area contributed by atoms with Gasteiger partial charge >= 0.3 is 0 Å². The van der Waals surface area contributed by atoms with E-state index in [-0.39, 0.29) is 24.0 Å². The van der Waals surface area contributed by atoms with Crippen molar-refractivity contribution in [1.29, 1.82) is 0 Å². The van der Waals surface area contributed by atoms with E-state index in [0.717, 1.165) is 19.3 Å². The van der Waals surface area contributed by atoms with Gasteiger partial charge in [0, 0.05) is 22.0 Å². The molecule has 0 bridgehead atoms. The van der Waals surface area contributed by atoms with Gasteiger partial charge in [-0.2, -0.15) is 0 Å². The van der Waals surface area contributed by atoms with Crippen LogP contribution < -0.4 is 0 Å². The molecule has 0 aromatic heterocycles. The minimum atomic E-state index is -0.718. The smallest absolute Gasteiger partial charge is 0.227 e. The fourth-order valence-corrected chi connectivity index (χ4v) is 4.11. The summed E-state index contributed by atoms with van der Waals surface area (Å²) in [5, 5.41) is 21.4. The maximum atomic E-state index is 12.6. The highest BCUT2D eigenvalue weighted by Crippen LogP contribution is 2.30. The monoisotopic (exact) mass is 452 g/mol. The lowest BCUT2D eigenvalue weighted by atomic mass is 9.87. The van der Waals surface area contributed by atoms with Crippen molar-refractivity contribution >= 4 is 34.8 Å². The van der Waals surface area contributed by atoms with Crippen LogP contribution in [0.5, 0.6) is 0 Å². The number of allylic oxidation sites excluding steroid dienone is 2. The van der Waals surface area contributed by atoms with Gasteiger partial charge in [-0.1, -0.05) is 87.6 Å².